The van der Waals surface area contributed by atoms with Crippen molar-refractivity contribution < 1.29 is 23.8 Å². The Bertz CT molecular complexity index is 1050. The number of carbonyl (C=O) groups excluding carboxylic acids is 2. The summed E-state index contributed by atoms with van der Waals surface area (Å²) in [6, 6.07) is 15.1. The number of hydrogen-bond acceptors (Lipinski definition) is 5. The summed E-state index contributed by atoms with van der Waals surface area (Å²) < 4.78 is 16.6. The summed E-state index contributed by atoms with van der Waals surface area (Å²) in [7, 11) is 3.24. The maximum atomic E-state index is 13.4. The zero-order valence-electron chi connectivity index (χ0n) is 18.1. The topological polar surface area (TPSA) is 77.1 Å². The second-order valence-corrected chi connectivity index (χ2v) is 8.41. The van der Waals surface area contributed by atoms with Crippen LogP contribution in [0.25, 0.3) is 0 Å². The molecule has 0 aromatic heterocycles. The van der Waals surface area contributed by atoms with Gasteiger partial charge in [0.15, 0.2) is 0 Å². The third-order valence-electron chi connectivity index (χ3n) is 6.66. The molecule has 2 aromatic rings. The van der Waals surface area contributed by atoms with E-state index in [0.29, 0.717) is 19.5 Å². The molecule has 32 heavy (non-hydrogen) atoms. The van der Waals surface area contributed by atoms with Crippen LogP contribution < -0.4 is 19.7 Å². The lowest BCUT2D eigenvalue weighted by Gasteiger charge is -2.23. The van der Waals surface area contributed by atoms with Gasteiger partial charge in [0, 0.05) is 12.2 Å². The molecule has 0 aliphatic carbocycles. The Morgan fingerprint density at radius 2 is 1.75 bits per heavy atom. The Labute approximate surface area is 186 Å². The van der Waals surface area contributed by atoms with E-state index in [4.69, 9.17) is 14.2 Å². The minimum atomic E-state index is -0.736. The van der Waals surface area contributed by atoms with Gasteiger partial charge in [-0.05, 0) is 48.4 Å². The molecule has 1 spiro atoms. The van der Waals surface area contributed by atoms with Crippen LogP contribution in [0.4, 0.5) is 5.69 Å². The average Bonchev–Trinajstić information content (AvgIpc) is 3.48. The number of hydrogen-bond donors (Lipinski definition) is 1. The van der Waals surface area contributed by atoms with Crippen LogP contribution >= 0.6 is 0 Å². The van der Waals surface area contributed by atoms with E-state index in [1.54, 1.807) is 19.1 Å². The summed E-state index contributed by atoms with van der Waals surface area (Å²) in [4.78, 5) is 28.2. The lowest BCUT2D eigenvalue weighted by atomic mass is 9.77. The number of methoxy groups -OCH3 is 2. The Morgan fingerprint density at radius 1 is 1.09 bits per heavy atom. The molecule has 2 amide bonds. The van der Waals surface area contributed by atoms with Crippen LogP contribution in [0.15, 0.2) is 60.7 Å². The van der Waals surface area contributed by atoms with Gasteiger partial charge in [-0.15, -0.1) is 0 Å². The predicted molar refractivity (Wildman–Crippen MR) is 119 cm³/mol. The first kappa shape index (κ1) is 20.6. The van der Waals surface area contributed by atoms with Crippen molar-refractivity contribution in [2.24, 2.45) is 11.8 Å². The molecule has 2 aromatic carbocycles. The van der Waals surface area contributed by atoms with Crippen molar-refractivity contribution in [1.82, 2.24) is 5.32 Å². The Balaban J connectivity index is 1.27. The highest BCUT2D eigenvalue weighted by Crippen LogP contribution is 2.52. The van der Waals surface area contributed by atoms with Crippen LogP contribution in [0, 0.1) is 11.8 Å². The van der Waals surface area contributed by atoms with E-state index in [1.807, 2.05) is 60.7 Å². The van der Waals surface area contributed by atoms with Gasteiger partial charge in [-0.2, -0.15) is 0 Å². The van der Waals surface area contributed by atoms with E-state index in [9.17, 15) is 9.59 Å². The van der Waals surface area contributed by atoms with Crippen LogP contribution in [0.1, 0.15) is 5.56 Å². The third-order valence-corrected chi connectivity index (χ3v) is 6.66. The molecule has 4 atom stereocenters. The minimum absolute atomic E-state index is 0.0719. The number of fused-ring (bicyclic) bond motifs is 1. The molecule has 2 saturated heterocycles. The lowest BCUT2D eigenvalue weighted by molar-refractivity contribution is -0.131. The number of ether oxygens (including phenoxy) is 3. The predicted octanol–water partition coefficient (Wildman–Crippen LogP) is 2.35. The number of carbonyl (C=O) groups is 2. The van der Waals surface area contributed by atoms with Crippen LogP contribution in [0.2, 0.25) is 0 Å². The molecule has 0 unspecified atom stereocenters. The molecule has 3 aliphatic rings. The van der Waals surface area contributed by atoms with Crippen molar-refractivity contribution in [3.63, 3.8) is 0 Å². The monoisotopic (exact) mass is 434 g/mol. The lowest BCUT2D eigenvalue weighted by Crippen LogP contribution is -2.44. The summed E-state index contributed by atoms with van der Waals surface area (Å²) in [5.74, 6) is 0.286. The van der Waals surface area contributed by atoms with E-state index in [-0.39, 0.29) is 17.9 Å². The smallest absolute Gasteiger partial charge is 0.234 e. The number of amides is 2. The van der Waals surface area contributed by atoms with Gasteiger partial charge in [-0.1, -0.05) is 24.3 Å². The fourth-order valence-corrected chi connectivity index (χ4v) is 5.02. The molecule has 3 aliphatic heterocycles. The molecule has 2 bridgehead atoms. The maximum Gasteiger partial charge on any atom is 0.234 e. The van der Waals surface area contributed by atoms with E-state index in [1.165, 1.54) is 0 Å². The number of nitrogens with zero attached hydrogens (tertiary/aromatic N) is 1. The first-order valence-corrected chi connectivity index (χ1v) is 10.8. The highest BCUT2D eigenvalue weighted by atomic mass is 16.5. The molecule has 1 N–H and O–H groups in total. The summed E-state index contributed by atoms with van der Waals surface area (Å²) in [6.45, 7) is 0.902. The van der Waals surface area contributed by atoms with Crippen molar-refractivity contribution in [3.8, 4) is 11.5 Å². The molecular weight excluding hydrogens is 408 g/mol. The van der Waals surface area contributed by atoms with E-state index in [0.717, 1.165) is 22.7 Å². The van der Waals surface area contributed by atoms with E-state index < -0.39 is 17.4 Å². The van der Waals surface area contributed by atoms with Crippen LogP contribution in [-0.2, 0) is 20.7 Å². The summed E-state index contributed by atoms with van der Waals surface area (Å²) in [5, 5.41) is 3.01. The van der Waals surface area contributed by atoms with Gasteiger partial charge < -0.3 is 24.4 Å². The summed E-state index contributed by atoms with van der Waals surface area (Å²) in [5.41, 5.74) is 1.15. The normalized spacial score (nSPS) is 27.5. The van der Waals surface area contributed by atoms with Gasteiger partial charge in [0.1, 0.15) is 17.1 Å². The van der Waals surface area contributed by atoms with Crippen LogP contribution in [0.5, 0.6) is 11.5 Å². The van der Waals surface area contributed by atoms with Gasteiger partial charge in [0.2, 0.25) is 11.8 Å². The zero-order chi connectivity index (χ0) is 22.3. The zero-order valence-corrected chi connectivity index (χ0v) is 18.1. The van der Waals surface area contributed by atoms with Crippen molar-refractivity contribution in [2.75, 3.05) is 32.2 Å². The number of rotatable bonds is 7. The minimum Gasteiger partial charge on any atom is -0.497 e. The highest BCUT2D eigenvalue weighted by molar-refractivity contribution is 6.03. The maximum absolute atomic E-state index is 13.4. The van der Waals surface area contributed by atoms with Crippen LogP contribution in [0.3, 0.4) is 0 Å². The molecule has 5 rings (SSSR count). The fraction of sp³-hybridized carbons (Fsp3) is 0.360. The van der Waals surface area contributed by atoms with Gasteiger partial charge in [-0.3, -0.25) is 9.59 Å². The SMILES string of the molecule is COc1ccc(CCNC(=O)[C@H]2[C@H]3C(=O)N(c4ccc(OC)cc4)C[C@@]34C=C[C@H]2O4)cc1. The van der Waals surface area contributed by atoms with Crippen LogP contribution in [-0.4, -0.2) is 50.8 Å². The quantitative estimate of drug-likeness (QED) is 0.677. The molecule has 3 heterocycles. The molecule has 166 valence electrons. The largest absolute Gasteiger partial charge is 0.497 e. The van der Waals surface area contributed by atoms with E-state index >= 15 is 0 Å². The standard InChI is InChI=1S/C25H26N2O5/c1-30-18-7-3-16(4-8-18)12-14-26-23(28)21-20-11-13-25(32-20)15-27(24(29)22(21)25)17-5-9-19(31-2)10-6-17/h3-11,13,20-22H,12,14-15H2,1-2H3,(H,26,28)/t20-,21-,22+,25+/m1/s1. The van der Waals surface area contributed by atoms with Crippen molar-refractivity contribution in [1.29, 1.82) is 0 Å². The van der Waals surface area contributed by atoms with Crippen molar-refractivity contribution >= 4 is 17.5 Å². The number of nitrogens with one attached hydrogen (secondary N) is 1. The third kappa shape index (κ3) is 3.33. The Hall–Kier alpha value is -3.32. The van der Waals surface area contributed by atoms with Crippen molar-refractivity contribution in [2.45, 2.75) is 18.1 Å². The fourth-order valence-electron chi connectivity index (χ4n) is 5.02. The highest BCUT2D eigenvalue weighted by Gasteiger charge is 2.67. The van der Waals surface area contributed by atoms with Gasteiger partial charge in [0.05, 0.1) is 38.7 Å². The first-order chi connectivity index (χ1) is 15.5. The second kappa shape index (κ2) is 7.98. The molecule has 0 radical (unpaired) electrons. The first-order valence-electron chi connectivity index (χ1n) is 10.8. The second-order valence-electron chi connectivity index (χ2n) is 8.41. The number of anilines is 1. The molecular formula is C25H26N2O5. The average molecular weight is 434 g/mol. The van der Waals surface area contributed by atoms with Crippen molar-refractivity contribution in [3.05, 3.63) is 66.2 Å². The van der Waals surface area contributed by atoms with Gasteiger partial charge in [0.25, 0.3) is 0 Å². The molecule has 2 fully saturated rings. The summed E-state index contributed by atoms with van der Waals surface area (Å²) >= 11 is 0. The van der Waals surface area contributed by atoms with Gasteiger partial charge >= 0.3 is 0 Å². The molecule has 7 heteroatoms. The van der Waals surface area contributed by atoms with E-state index in [2.05, 4.69) is 5.32 Å². The summed E-state index contributed by atoms with van der Waals surface area (Å²) in [6.07, 6.45) is 4.23. The Morgan fingerprint density at radius 3 is 2.41 bits per heavy atom. The Kier molecular flexibility index (Phi) is 5.13. The molecule has 0 saturated carbocycles. The van der Waals surface area contributed by atoms with Gasteiger partial charge in [-0.25, -0.2) is 0 Å². The number of benzene rings is 2. The molecule has 7 nitrogen and oxygen atoms in total.